The van der Waals surface area contributed by atoms with Crippen molar-refractivity contribution in [3.8, 4) is 0 Å². The van der Waals surface area contributed by atoms with Crippen molar-refractivity contribution in [1.82, 2.24) is 20.4 Å². The largest absolute Gasteiger partial charge is 0.338 e. The first-order valence-electron chi connectivity index (χ1n) is 8.44. The second-order valence-corrected chi connectivity index (χ2v) is 6.16. The Morgan fingerprint density at radius 2 is 2.20 bits per heavy atom. The van der Waals surface area contributed by atoms with Gasteiger partial charge in [0.2, 0.25) is 5.89 Å². The molecule has 2 N–H and O–H groups in total. The number of nitrogens with zero attached hydrogens (tertiary/aromatic N) is 3. The zero-order chi connectivity index (χ0) is 17.8. The molecule has 0 radical (unpaired) electrons. The average molecular weight is 347 g/mol. The van der Waals surface area contributed by atoms with Gasteiger partial charge in [0, 0.05) is 31.2 Å². The summed E-state index contributed by atoms with van der Waals surface area (Å²) in [7, 11) is 0. The Morgan fingerprint density at radius 1 is 1.44 bits per heavy atom. The average Bonchev–Trinajstić information content (AvgIpc) is 3.25. The molecule has 8 heteroatoms. The number of hydrogen-bond donors (Lipinski definition) is 2. The molecule has 1 aliphatic rings. The van der Waals surface area contributed by atoms with Crippen LogP contribution in [0.3, 0.4) is 0 Å². The van der Waals surface area contributed by atoms with E-state index in [2.05, 4.69) is 25.7 Å². The van der Waals surface area contributed by atoms with E-state index in [1.165, 1.54) is 24.3 Å². The molecular formula is C17H22FN5O2. The van der Waals surface area contributed by atoms with E-state index in [1.807, 2.05) is 13.8 Å². The first-order chi connectivity index (χ1) is 12.0. The fourth-order valence-electron chi connectivity index (χ4n) is 2.88. The predicted molar refractivity (Wildman–Crippen MR) is 90.6 cm³/mol. The molecule has 0 unspecified atom stereocenters. The van der Waals surface area contributed by atoms with Gasteiger partial charge in [0.15, 0.2) is 5.82 Å². The van der Waals surface area contributed by atoms with E-state index in [-0.39, 0.29) is 23.9 Å². The molecule has 0 saturated carbocycles. The maximum absolute atomic E-state index is 12.9. The number of nitrogens with one attached hydrogen (secondary N) is 2. The summed E-state index contributed by atoms with van der Waals surface area (Å²) in [4.78, 5) is 18.6. The van der Waals surface area contributed by atoms with Gasteiger partial charge in [-0.15, -0.1) is 0 Å². The SMILES string of the molecule is CCc1noc([C@H](C)N2CC[C@H](NC(=O)Nc3ccc(F)cc3)C2)n1. The van der Waals surface area contributed by atoms with Crippen LogP contribution in [0.25, 0.3) is 0 Å². The number of aromatic nitrogens is 2. The van der Waals surface area contributed by atoms with Crippen LogP contribution >= 0.6 is 0 Å². The van der Waals surface area contributed by atoms with Crippen LogP contribution in [-0.4, -0.2) is 40.2 Å². The van der Waals surface area contributed by atoms with Crippen LogP contribution < -0.4 is 10.6 Å². The topological polar surface area (TPSA) is 83.3 Å². The van der Waals surface area contributed by atoms with Crippen molar-refractivity contribution < 1.29 is 13.7 Å². The van der Waals surface area contributed by atoms with Gasteiger partial charge in [-0.05, 0) is 37.6 Å². The Balaban J connectivity index is 1.50. The summed E-state index contributed by atoms with van der Waals surface area (Å²) in [5.74, 6) is 0.973. The normalized spacial score (nSPS) is 18.9. The third kappa shape index (κ3) is 4.33. The number of carbonyl (C=O) groups excluding carboxylic acids is 1. The molecule has 3 rings (SSSR count). The second-order valence-electron chi connectivity index (χ2n) is 6.16. The van der Waals surface area contributed by atoms with Crippen LogP contribution in [0.1, 0.15) is 38.0 Å². The fraction of sp³-hybridized carbons (Fsp3) is 0.471. The Kier molecular flexibility index (Phi) is 5.28. The van der Waals surface area contributed by atoms with Crippen LogP contribution in [0, 0.1) is 5.82 Å². The molecule has 0 aliphatic carbocycles. The van der Waals surface area contributed by atoms with Gasteiger partial charge in [-0.1, -0.05) is 12.1 Å². The minimum atomic E-state index is -0.335. The summed E-state index contributed by atoms with van der Waals surface area (Å²) in [5, 5.41) is 9.58. The smallest absolute Gasteiger partial charge is 0.319 e. The van der Waals surface area contributed by atoms with E-state index in [1.54, 1.807) is 0 Å². The number of likely N-dealkylation sites (tertiary alicyclic amines) is 1. The molecule has 2 aromatic rings. The van der Waals surface area contributed by atoms with Gasteiger partial charge >= 0.3 is 6.03 Å². The Morgan fingerprint density at radius 3 is 2.88 bits per heavy atom. The number of amides is 2. The van der Waals surface area contributed by atoms with E-state index < -0.39 is 0 Å². The molecule has 1 aromatic carbocycles. The van der Waals surface area contributed by atoms with Gasteiger partial charge in [-0.3, -0.25) is 4.90 Å². The summed E-state index contributed by atoms with van der Waals surface area (Å²) in [5.41, 5.74) is 0.556. The first kappa shape index (κ1) is 17.3. The molecule has 1 aliphatic heterocycles. The molecule has 7 nitrogen and oxygen atoms in total. The molecule has 0 spiro atoms. The number of urea groups is 1. The Hall–Kier alpha value is -2.48. The lowest BCUT2D eigenvalue weighted by molar-refractivity contribution is 0.204. The molecule has 1 fully saturated rings. The van der Waals surface area contributed by atoms with Gasteiger partial charge < -0.3 is 15.2 Å². The maximum Gasteiger partial charge on any atom is 0.319 e. The van der Waals surface area contributed by atoms with Crippen molar-refractivity contribution in [2.45, 2.75) is 38.8 Å². The number of aryl methyl sites for hydroxylation is 1. The van der Waals surface area contributed by atoms with Gasteiger partial charge in [0.25, 0.3) is 0 Å². The molecule has 2 amide bonds. The lowest BCUT2D eigenvalue weighted by Gasteiger charge is -2.21. The number of halogens is 1. The zero-order valence-electron chi connectivity index (χ0n) is 14.3. The van der Waals surface area contributed by atoms with Crippen molar-refractivity contribution in [2.24, 2.45) is 0 Å². The van der Waals surface area contributed by atoms with Crippen LogP contribution in [0.5, 0.6) is 0 Å². The summed E-state index contributed by atoms with van der Waals surface area (Å²) >= 11 is 0. The molecular weight excluding hydrogens is 325 g/mol. The summed E-state index contributed by atoms with van der Waals surface area (Å²) < 4.78 is 18.2. The molecule has 2 atom stereocenters. The Bertz CT molecular complexity index is 718. The minimum absolute atomic E-state index is 0.0137. The van der Waals surface area contributed by atoms with Crippen LogP contribution in [-0.2, 0) is 6.42 Å². The maximum atomic E-state index is 12.9. The molecule has 0 bridgehead atoms. The van der Waals surface area contributed by atoms with E-state index in [0.29, 0.717) is 23.9 Å². The van der Waals surface area contributed by atoms with Gasteiger partial charge in [0.1, 0.15) is 5.82 Å². The lowest BCUT2D eigenvalue weighted by atomic mass is 10.2. The fourth-order valence-corrected chi connectivity index (χ4v) is 2.88. The highest BCUT2D eigenvalue weighted by Gasteiger charge is 2.30. The van der Waals surface area contributed by atoms with Crippen molar-refractivity contribution in [3.63, 3.8) is 0 Å². The Labute approximate surface area is 145 Å². The van der Waals surface area contributed by atoms with E-state index in [4.69, 9.17) is 4.52 Å². The summed E-state index contributed by atoms with van der Waals surface area (Å²) in [6.45, 7) is 5.55. The van der Waals surface area contributed by atoms with Crippen molar-refractivity contribution in [2.75, 3.05) is 18.4 Å². The molecule has 1 saturated heterocycles. The molecule has 134 valence electrons. The highest BCUT2D eigenvalue weighted by Crippen LogP contribution is 2.23. The minimum Gasteiger partial charge on any atom is -0.338 e. The number of rotatable bonds is 5. The lowest BCUT2D eigenvalue weighted by Crippen LogP contribution is -2.40. The van der Waals surface area contributed by atoms with E-state index in [9.17, 15) is 9.18 Å². The predicted octanol–water partition coefficient (Wildman–Crippen LogP) is 2.73. The van der Waals surface area contributed by atoms with Crippen molar-refractivity contribution in [3.05, 3.63) is 41.8 Å². The van der Waals surface area contributed by atoms with Crippen molar-refractivity contribution >= 4 is 11.7 Å². The second kappa shape index (κ2) is 7.60. The molecule has 2 heterocycles. The quantitative estimate of drug-likeness (QED) is 0.869. The number of hydrogen-bond acceptors (Lipinski definition) is 5. The summed E-state index contributed by atoms with van der Waals surface area (Å²) in [6, 6.07) is 5.43. The van der Waals surface area contributed by atoms with Gasteiger partial charge in [-0.2, -0.15) is 4.98 Å². The zero-order valence-corrected chi connectivity index (χ0v) is 14.3. The summed E-state index contributed by atoms with van der Waals surface area (Å²) in [6.07, 6.45) is 1.58. The van der Waals surface area contributed by atoms with E-state index >= 15 is 0 Å². The van der Waals surface area contributed by atoms with Crippen LogP contribution in [0.15, 0.2) is 28.8 Å². The van der Waals surface area contributed by atoms with Crippen LogP contribution in [0.2, 0.25) is 0 Å². The van der Waals surface area contributed by atoms with Gasteiger partial charge in [-0.25, -0.2) is 9.18 Å². The first-order valence-corrected chi connectivity index (χ1v) is 8.44. The highest BCUT2D eigenvalue weighted by molar-refractivity contribution is 5.89. The number of carbonyl (C=O) groups is 1. The molecule has 25 heavy (non-hydrogen) atoms. The van der Waals surface area contributed by atoms with Gasteiger partial charge in [0.05, 0.1) is 6.04 Å². The van der Waals surface area contributed by atoms with E-state index in [0.717, 1.165) is 19.4 Å². The monoisotopic (exact) mass is 347 g/mol. The highest BCUT2D eigenvalue weighted by atomic mass is 19.1. The number of anilines is 1. The standard InChI is InChI=1S/C17H22FN5O2/c1-3-15-21-16(25-22-15)11(2)23-9-8-14(10-23)20-17(24)19-13-6-4-12(18)5-7-13/h4-7,11,14H,3,8-10H2,1-2H3,(H2,19,20,24)/t11-,14-/m0/s1. The van der Waals surface area contributed by atoms with Crippen LogP contribution in [0.4, 0.5) is 14.9 Å². The number of benzene rings is 1. The third-order valence-corrected chi connectivity index (χ3v) is 4.36. The third-order valence-electron chi connectivity index (χ3n) is 4.36. The molecule has 1 aromatic heterocycles. The van der Waals surface area contributed by atoms with Crippen molar-refractivity contribution in [1.29, 1.82) is 0 Å².